The molecule has 0 aliphatic heterocycles. The van der Waals surface area contributed by atoms with Crippen LogP contribution in [0.25, 0.3) is 0 Å². The van der Waals surface area contributed by atoms with E-state index < -0.39 is 5.97 Å². The van der Waals surface area contributed by atoms with Gasteiger partial charge in [-0.2, -0.15) is 0 Å². The highest BCUT2D eigenvalue weighted by Crippen LogP contribution is 2.31. The van der Waals surface area contributed by atoms with Crippen molar-refractivity contribution in [3.8, 4) is 0 Å². The van der Waals surface area contributed by atoms with Gasteiger partial charge in [0, 0.05) is 0 Å². The minimum atomic E-state index is -0.879. The SMILES string of the molecule is Cc1cc(C(=O)O)ccc1COC1CCC(C)C(C)C1. The summed E-state index contributed by atoms with van der Waals surface area (Å²) in [5, 5.41) is 8.96. The van der Waals surface area contributed by atoms with Gasteiger partial charge in [0.15, 0.2) is 0 Å². The molecule has 1 fully saturated rings. The van der Waals surface area contributed by atoms with Crippen molar-refractivity contribution in [2.45, 2.75) is 52.7 Å². The number of aromatic carboxylic acids is 1. The predicted octanol–water partition coefficient (Wildman–Crippen LogP) is 4.03. The third-order valence-electron chi connectivity index (χ3n) is 4.61. The lowest BCUT2D eigenvalue weighted by Crippen LogP contribution is -2.26. The zero-order valence-electron chi connectivity index (χ0n) is 12.6. The Labute approximate surface area is 121 Å². The number of carboxylic acid groups (broad SMARTS) is 1. The monoisotopic (exact) mass is 276 g/mol. The van der Waals surface area contributed by atoms with Crippen molar-refractivity contribution in [1.29, 1.82) is 0 Å². The Bertz CT molecular complexity index is 481. The molecule has 0 heterocycles. The van der Waals surface area contributed by atoms with Gasteiger partial charge in [0.05, 0.1) is 18.3 Å². The van der Waals surface area contributed by atoms with Gasteiger partial charge in [0.2, 0.25) is 0 Å². The number of hydrogen-bond acceptors (Lipinski definition) is 2. The van der Waals surface area contributed by atoms with E-state index in [4.69, 9.17) is 9.84 Å². The molecule has 0 bridgehead atoms. The molecule has 0 radical (unpaired) electrons. The summed E-state index contributed by atoms with van der Waals surface area (Å²) in [5.74, 6) is 0.645. The van der Waals surface area contributed by atoms with Crippen molar-refractivity contribution in [2.75, 3.05) is 0 Å². The molecule has 1 aromatic rings. The first-order chi connectivity index (χ1) is 9.47. The van der Waals surface area contributed by atoms with E-state index in [0.717, 1.165) is 35.8 Å². The summed E-state index contributed by atoms with van der Waals surface area (Å²) in [4.78, 5) is 10.9. The standard InChI is InChI=1S/C17H24O3/c1-11-4-7-16(9-12(11)2)20-10-15-6-5-14(17(18)19)8-13(15)3/h5-6,8,11-12,16H,4,7,9-10H2,1-3H3,(H,18,19). The highest BCUT2D eigenvalue weighted by Gasteiger charge is 2.25. The Hall–Kier alpha value is -1.35. The van der Waals surface area contributed by atoms with Gasteiger partial charge in [-0.15, -0.1) is 0 Å². The molecule has 1 aliphatic carbocycles. The van der Waals surface area contributed by atoms with Crippen LogP contribution in [0.2, 0.25) is 0 Å². The number of carbonyl (C=O) groups is 1. The summed E-state index contributed by atoms with van der Waals surface area (Å²) >= 11 is 0. The molecule has 1 N–H and O–H groups in total. The summed E-state index contributed by atoms with van der Waals surface area (Å²) in [5.41, 5.74) is 2.41. The smallest absolute Gasteiger partial charge is 0.335 e. The van der Waals surface area contributed by atoms with Gasteiger partial charge in [0.25, 0.3) is 0 Å². The van der Waals surface area contributed by atoms with E-state index in [2.05, 4.69) is 13.8 Å². The molecule has 0 spiro atoms. The average molecular weight is 276 g/mol. The largest absolute Gasteiger partial charge is 0.478 e. The summed E-state index contributed by atoms with van der Waals surface area (Å²) < 4.78 is 6.02. The second-order valence-electron chi connectivity index (χ2n) is 6.15. The van der Waals surface area contributed by atoms with Crippen molar-refractivity contribution in [2.24, 2.45) is 11.8 Å². The van der Waals surface area contributed by atoms with Crippen LogP contribution in [0.3, 0.4) is 0 Å². The van der Waals surface area contributed by atoms with E-state index in [1.165, 1.54) is 6.42 Å². The number of rotatable bonds is 4. The first kappa shape index (κ1) is 15.0. The van der Waals surface area contributed by atoms with Crippen LogP contribution in [-0.4, -0.2) is 17.2 Å². The van der Waals surface area contributed by atoms with Gasteiger partial charge in [-0.05, 0) is 61.3 Å². The molecule has 0 aromatic heterocycles. The fourth-order valence-electron chi connectivity index (χ4n) is 2.85. The Kier molecular flexibility index (Phi) is 4.81. The number of hydrogen-bond donors (Lipinski definition) is 1. The van der Waals surface area contributed by atoms with Gasteiger partial charge in [-0.3, -0.25) is 0 Å². The summed E-state index contributed by atoms with van der Waals surface area (Å²) in [6.45, 7) is 7.14. The zero-order chi connectivity index (χ0) is 14.7. The molecule has 110 valence electrons. The van der Waals surface area contributed by atoms with E-state index in [9.17, 15) is 4.79 Å². The minimum absolute atomic E-state index is 0.339. The van der Waals surface area contributed by atoms with Crippen LogP contribution in [0.5, 0.6) is 0 Å². The molecule has 20 heavy (non-hydrogen) atoms. The van der Waals surface area contributed by atoms with Crippen molar-refractivity contribution in [1.82, 2.24) is 0 Å². The molecular formula is C17H24O3. The van der Waals surface area contributed by atoms with Gasteiger partial charge >= 0.3 is 5.97 Å². The fourth-order valence-corrected chi connectivity index (χ4v) is 2.85. The molecule has 3 unspecified atom stereocenters. The van der Waals surface area contributed by atoms with Gasteiger partial charge in [-0.1, -0.05) is 19.9 Å². The summed E-state index contributed by atoms with van der Waals surface area (Å²) in [7, 11) is 0. The minimum Gasteiger partial charge on any atom is -0.478 e. The van der Waals surface area contributed by atoms with Crippen LogP contribution >= 0.6 is 0 Å². The normalized spacial score (nSPS) is 26.4. The molecule has 0 saturated heterocycles. The van der Waals surface area contributed by atoms with Crippen LogP contribution in [0.1, 0.15) is 54.6 Å². The van der Waals surface area contributed by atoms with Crippen LogP contribution < -0.4 is 0 Å². The number of aryl methyl sites for hydroxylation is 1. The number of benzene rings is 1. The van der Waals surface area contributed by atoms with Crippen LogP contribution in [0.15, 0.2) is 18.2 Å². The molecule has 2 rings (SSSR count). The van der Waals surface area contributed by atoms with E-state index in [1.54, 1.807) is 12.1 Å². The highest BCUT2D eigenvalue weighted by atomic mass is 16.5. The lowest BCUT2D eigenvalue weighted by Gasteiger charge is -2.32. The average Bonchev–Trinajstić information content (AvgIpc) is 2.41. The molecule has 1 aliphatic rings. The van der Waals surface area contributed by atoms with E-state index in [-0.39, 0.29) is 0 Å². The maximum absolute atomic E-state index is 10.9. The number of carboxylic acids is 1. The van der Waals surface area contributed by atoms with Gasteiger partial charge < -0.3 is 9.84 Å². The van der Waals surface area contributed by atoms with Crippen molar-refractivity contribution < 1.29 is 14.6 Å². The van der Waals surface area contributed by atoms with Crippen molar-refractivity contribution in [3.05, 3.63) is 34.9 Å². The van der Waals surface area contributed by atoms with Gasteiger partial charge in [0.1, 0.15) is 0 Å². The van der Waals surface area contributed by atoms with Crippen LogP contribution in [0.4, 0.5) is 0 Å². The van der Waals surface area contributed by atoms with Crippen molar-refractivity contribution in [3.63, 3.8) is 0 Å². The fraction of sp³-hybridized carbons (Fsp3) is 0.588. The summed E-state index contributed by atoms with van der Waals surface area (Å²) in [6.07, 6.45) is 3.85. The van der Waals surface area contributed by atoms with Gasteiger partial charge in [-0.25, -0.2) is 4.79 Å². The molecule has 1 aromatic carbocycles. The lowest BCUT2D eigenvalue weighted by atomic mass is 9.80. The molecule has 3 atom stereocenters. The van der Waals surface area contributed by atoms with E-state index in [0.29, 0.717) is 18.3 Å². The number of ether oxygens (including phenoxy) is 1. The zero-order valence-corrected chi connectivity index (χ0v) is 12.6. The third kappa shape index (κ3) is 3.60. The Morgan fingerprint density at radius 2 is 2.05 bits per heavy atom. The van der Waals surface area contributed by atoms with Crippen molar-refractivity contribution >= 4 is 5.97 Å². The Balaban J connectivity index is 1.93. The Morgan fingerprint density at radius 1 is 1.30 bits per heavy atom. The summed E-state index contributed by atoms with van der Waals surface area (Å²) in [6, 6.07) is 5.24. The molecule has 3 heteroatoms. The first-order valence-corrected chi connectivity index (χ1v) is 7.41. The molecule has 1 saturated carbocycles. The van der Waals surface area contributed by atoms with E-state index >= 15 is 0 Å². The maximum Gasteiger partial charge on any atom is 0.335 e. The van der Waals surface area contributed by atoms with Crippen LogP contribution in [-0.2, 0) is 11.3 Å². The first-order valence-electron chi connectivity index (χ1n) is 7.41. The van der Waals surface area contributed by atoms with E-state index in [1.807, 2.05) is 13.0 Å². The Morgan fingerprint density at radius 3 is 2.65 bits per heavy atom. The molecule has 3 nitrogen and oxygen atoms in total. The quantitative estimate of drug-likeness (QED) is 0.903. The highest BCUT2D eigenvalue weighted by molar-refractivity contribution is 5.87. The molecule has 0 amide bonds. The molecular weight excluding hydrogens is 252 g/mol. The second-order valence-corrected chi connectivity index (χ2v) is 6.15. The predicted molar refractivity (Wildman–Crippen MR) is 78.9 cm³/mol. The maximum atomic E-state index is 10.9. The van der Waals surface area contributed by atoms with Crippen LogP contribution in [0, 0.1) is 18.8 Å². The third-order valence-corrected chi connectivity index (χ3v) is 4.61. The second kappa shape index (κ2) is 6.40. The lowest BCUT2D eigenvalue weighted by molar-refractivity contribution is -0.00764. The topological polar surface area (TPSA) is 46.5 Å².